The molecule has 1 atom stereocenters. The summed E-state index contributed by atoms with van der Waals surface area (Å²) in [6, 6.07) is 0.953. The molecule has 1 heterocycles. The summed E-state index contributed by atoms with van der Waals surface area (Å²) in [4.78, 5) is 14.0. The second-order valence-corrected chi connectivity index (χ2v) is 10.2. The maximum atomic E-state index is 12.2. The van der Waals surface area contributed by atoms with Gasteiger partial charge < -0.3 is 15.0 Å². The number of hydrogen-bond donors (Lipinski definition) is 1. The fraction of sp³-hybridized carbons (Fsp3) is 0.947. The lowest BCUT2D eigenvalue weighted by molar-refractivity contribution is 0.0285. The first kappa shape index (κ1) is 18.6. The van der Waals surface area contributed by atoms with Crippen molar-refractivity contribution in [3.05, 3.63) is 0 Å². The van der Waals surface area contributed by atoms with Crippen LogP contribution in [-0.4, -0.2) is 41.8 Å². The number of ether oxygens (including phenoxy) is 1. The Morgan fingerprint density at radius 1 is 1.09 bits per heavy atom. The first-order chi connectivity index (χ1) is 10.4. The minimum Gasteiger partial charge on any atom is -0.444 e. The number of nitrogens with one attached hydrogen (secondary N) is 1. The zero-order valence-electron chi connectivity index (χ0n) is 16.2. The molecule has 1 saturated heterocycles. The van der Waals surface area contributed by atoms with Gasteiger partial charge in [0.1, 0.15) is 5.60 Å². The molecule has 4 heteroatoms. The Hall–Kier alpha value is -0.770. The van der Waals surface area contributed by atoms with E-state index in [1.54, 1.807) is 0 Å². The van der Waals surface area contributed by atoms with Crippen LogP contribution < -0.4 is 5.32 Å². The van der Waals surface area contributed by atoms with Crippen molar-refractivity contribution in [1.82, 2.24) is 10.2 Å². The Kier molecular flexibility index (Phi) is 5.06. The quantitative estimate of drug-likeness (QED) is 0.828. The lowest BCUT2D eigenvalue weighted by atomic mass is 9.63. The van der Waals surface area contributed by atoms with Gasteiger partial charge >= 0.3 is 6.09 Å². The van der Waals surface area contributed by atoms with E-state index in [-0.39, 0.29) is 6.09 Å². The van der Waals surface area contributed by atoms with Gasteiger partial charge in [0.2, 0.25) is 0 Å². The van der Waals surface area contributed by atoms with E-state index in [9.17, 15) is 4.79 Å². The molecule has 1 saturated carbocycles. The highest BCUT2D eigenvalue weighted by molar-refractivity contribution is 5.68. The summed E-state index contributed by atoms with van der Waals surface area (Å²) in [6.45, 7) is 16.8. The van der Waals surface area contributed by atoms with E-state index >= 15 is 0 Å². The molecule has 0 aromatic heterocycles. The van der Waals surface area contributed by atoms with Crippen molar-refractivity contribution in [2.75, 3.05) is 13.1 Å². The third-order valence-electron chi connectivity index (χ3n) is 4.87. The molecule has 23 heavy (non-hydrogen) atoms. The van der Waals surface area contributed by atoms with E-state index in [0.29, 0.717) is 22.9 Å². The molecule has 1 N–H and O–H groups in total. The average molecular weight is 325 g/mol. The number of hydrogen-bond acceptors (Lipinski definition) is 3. The van der Waals surface area contributed by atoms with Crippen LogP contribution >= 0.6 is 0 Å². The maximum Gasteiger partial charge on any atom is 0.410 e. The van der Waals surface area contributed by atoms with Gasteiger partial charge in [-0.25, -0.2) is 4.79 Å². The third kappa shape index (κ3) is 5.66. The van der Waals surface area contributed by atoms with Gasteiger partial charge in [-0.1, -0.05) is 27.7 Å². The summed E-state index contributed by atoms with van der Waals surface area (Å²) >= 11 is 0. The number of nitrogens with zero attached hydrogens (tertiary/aromatic N) is 1. The molecule has 2 rings (SSSR count). The maximum absolute atomic E-state index is 12.2. The Bertz CT molecular complexity index is 421. The van der Waals surface area contributed by atoms with E-state index in [2.05, 4.69) is 33.0 Å². The van der Waals surface area contributed by atoms with Gasteiger partial charge in [-0.3, -0.25) is 0 Å². The van der Waals surface area contributed by atoms with Gasteiger partial charge in [-0.2, -0.15) is 0 Å². The molecule has 4 nitrogen and oxygen atoms in total. The highest BCUT2D eigenvalue weighted by Crippen LogP contribution is 2.45. The van der Waals surface area contributed by atoms with Crippen LogP contribution in [0.2, 0.25) is 0 Å². The Morgan fingerprint density at radius 3 is 2.17 bits per heavy atom. The van der Waals surface area contributed by atoms with E-state index < -0.39 is 5.60 Å². The lowest BCUT2D eigenvalue weighted by Gasteiger charge is -2.46. The van der Waals surface area contributed by atoms with E-state index in [0.717, 1.165) is 19.5 Å². The SMILES string of the molecule is CC1(C)CC(NC2CCN(C(=O)OC(C)(C)C)C2)CC(C)(C)C1. The molecule has 1 aliphatic carbocycles. The smallest absolute Gasteiger partial charge is 0.410 e. The fourth-order valence-corrected chi connectivity index (χ4v) is 4.69. The van der Waals surface area contributed by atoms with Crippen molar-refractivity contribution < 1.29 is 9.53 Å². The standard InChI is InChI=1S/C19H36N2O2/c1-17(2,3)23-16(22)21-9-8-14(12-21)20-15-10-18(4,5)13-19(6,7)11-15/h14-15,20H,8-13H2,1-7H3. The zero-order valence-corrected chi connectivity index (χ0v) is 16.2. The largest absolute Gasteiger partial charge is 0.444 e. The molecule has 1 amide bonds. The molecule has 1 aliphatic heterocycles. The Balaban J connectivity index is 1.87. The van der Waals surface area contributed by atoms with E-state index in [4.69, 9.17) is 4.74 Å². The molecule has 0 spiro atoms. The molecule has 0 aromatic rings. The summed E-state index contributed by atoms with van der Waals surface area (Å²) in [5, 5.41) is 3.83. The normalized spacial score (nSPS) is 28.0. The van der Waals surface area contributed by atoms with Crippen LogP contribution in [0.15, 0.2) is 0 Å². The van der Waals surface area contributed by atoms with Crippen LogP contribution in [0.3, 0.4) is 0 Å². The van der Waals surface area contributed by atoms with Crippen molar-refractivity contribution in [3.8, 4) is 0 Å². The van der Waals surface area contributed by atoms with Crippen molar-refractivity contribution in [2.45, 2.75) is 91.8 Å². The van der Waals surface area contributed by atoms with Crippen LogP contribution in [0.5, 0.6) is 0 Å². The predicted octanol–water partition coefficient (Wildman–Crippen LogP) is 4.19. The van der Waals surface area contributed by atoms with Gasteiger partial charge in [-0.15, -0.1) is 0 Å². The van der Waals surface area contributed by atoms with Crippen LogP contribution in [0.25, 0.3) is 0 Å². The second kappa shape index (κ2) is 6.27. The highest BCUT2D eigenvalue weighted by atomic mass is 16.6. The molecule has 0 aromatic carbocycles. The van der Waals surface area contributed by atoms with Crippen LogP contribution in [0, 0.1) is 10.8 Å². The van der Waals surface area contributed by atoms with Gasteiger partial charge in [0.15, 0.2) is 0 Å². The number of carbonyl (C=O) groups excluding carboxylic acids is 1. The summed E-state index contributed by atoms with van der Waals surface area (Å²) < 4.78 is 5.49. The molecule has 0 bridgehead atoms. The first-order valence-electron chi connectivity index (χ1n) is 9.09. The highest BCUT2D eigenvalue weighted by Gasteiger charge is 2.40. The third-order valence-corrected chi connectivity index (χ3v) is 4.87. The molecular formula is C19H36N2O2. The summed E-state index contributed by atoms with van der Waals surface area (Å²) in [5.74, 6) is 0. The predicted molar refractivity (Wildman–Crippen MR) is 94.5 cm³/mol. The summed E-state index contributed by atoms with van der Waals surface area (Å²) in [6.07, 6.45) is 4.58. The molecule has 1 unspecified atom stereocenters. The first-order valence-corrected chi connectivity index (χ1v) is 9.09. The number of amides is 1. The zero-order chi connectivity index (χ0) is 17.5. The fourth-order valence-electron chi connectivity index (χ4n) is 4.69. The van der Waals surface area contributed by atoms with Gasteiger partial charge in [0.25, 0.3) is 0 Å². The minimum atomic E-state index is -0.417. The van der Waals surface area contributed by atoms with Crippen molar-refractivity contribution >= 4 is 6.09 Å². The average Bonchev–Trinajstić information content (AvgIpc) is 2.70. The van der Waals surface area contributed by atoms with Crippen LogP contribution in [0.4, 0.5) is 4.79 Å². The van der Waals surface area contributed by atoms with Crippen LogP contribution in [-0.2, 0) is 4.74 Å². The lowest BCUT2D eigenvalue weighted by Crippen LogP contribution is -2.48. The Labute approximate surface area is 142 Å². The van der Waals surface area contributed by atoms with Crippen LogP contribution in [0.1, 0.15) is 74.1 Å². The summed E-state index contributed by atoms with van der Waals surface area (Å²) in [5.41, 5.74) is 0.367. The second-order valence-electron chi connectivity index (χ2n) is 10.2. The molecule has 2 aliphatic rings. The van der Waals surface area contributed by atoms with Gasteiger partial charge in [0.05, 0.1) is 0 Å². The topological polar surface area (TPSA) is 41.6 Å². The molecule has 0 radical (unpaired) electrons. The minimum absolute atomic E-state index is 0.175. The van der Waals surface area contributed by atoms with E-state index in [1.165, 1.54) is 19.3 Å². The van der Waals surface area contributed by atoms with Gasteiger partial charge in [0, 0.05) is 25.2 Å². The molecular weight excluding hydrogens is 288 g/mol. The Morgan fingerprint density at radius 2 is 1.65 bits per heavy atom. The van der Waals surface area contributed by atoms with Crippen molar-refractivity contribution in [3.63, 3.8) is 0 Å². The monoisotopic (exact) mass is 324 g/mol. The number of likely N-dealkylation sites (tertiary alicyclic amines) is 1. The van der Waals surface area contributed by atoms with E-state index in [1.807, 2.05) is 25.7 Å². The van der Waals surface area contributed by atoms with Gasteiger partial charge in [-0.05, 0) is 57.3 Å². The molecule has 2 fully saturated rings. The molecule has 134 valence electrons. The van der Waals surface area contributed by atoms with Crippen molar-refractivity contribution in [1.29, 1.82) is 0 Å². The summed E-state index contributed by atoms with van der Waals surface area (Å²) in [7, 11) is 0. The number of rotatable bonds is 2. The number of carbonyl (C=O) groups is 1. The van der Waals surface area contributed by atoms with Crippen molar-refractivity contribution in [2.24, 2.45) is 10.8 Å².